The number of allylic oxidation sites excluding steroid dienone is 7. The molecule has 0 radical (unpaired) electrons. The summed E-state index contributed by atoms with van der Waals surface area (Å²) in [7, 11) is 0. The molecule has 0 aromatic heterocycles. The SMILES string of the molecule is CCCC/C=C\C/C=C\CCCCCCCC(=O)OCCCCCCCCCCC/C=C\CCCCCCCCCC(=O)NC(COC1OC(CO)C(O)C(O)C1O)C(O)/C=C/CCCCCCCCC. The van der Waals surface area contributed by atoms with Crippen molar-refractivity contribution in [2.75, 3.05) is 19.8 Å². The quantitative estimate of drug-likeness (QED) is 0.0195. The largest absolute Gasteiger partial charge is 0.466 e. The number of aliphatic hydroxyl groups excluding tert-OH is 5. The zero-order chi connectivity index (χ0) is 51.7. The Balaban J connectivity index is 2.04. The fourth-order valence-electron chi connectivity index (χ4n) is 8.92. The number of carbonyl (C=O) groups is 2. The van der Waals surface area contributed by atoms with Crippen LogP contribution in [0.2, 0.25) is 0 Å². The molecule has 0 aromatic rings. The molecular weight excluding hydrogens is 895 g/mol. The minimum Gasteiger partial charge on any atom is -0.466 e. The first kappa shape index (κ1) is 66.6. The zero-order valence-electron chi connectivity index (χ0n) is 45.4. The van der Waals surface area contributed by atoms with Gasteiger partial charge in [0.15, 0.2) is 6.29 Å². The van der Waals surface area contributed by atoms with E-state index < -0.39 is 49.5 Å². The molecule has 0 bridgehead atoms. The molecule has 1 heterocycles. The number of ether oxygens (including phenoxy) is 3. The van der Waals surface area contributed by atoms with Crippen LogP contribution in [0, 0.1) is 0 Å². The first-order valence-electron chi connectivity index (χ1n) is 29.4. The van der Waals surface area contributed by atoms with Crippen molar-refractivity contribution in [2.24, 2.45) is 0 Å². The van der Waals surface area contributed by atoms with E-state index >= 15 is 0 Å². The van der Waals surface area contributed by atoms with Crippen molar-refractivity contribution in [3.63, 3.8) is 0 Å². The van der Waals surface area contributed by atoms with Gasteiger partial charge in [0.1, 0.15) is 24.4 Å². The lowest BCUT2D eigenvalue weighted by Gasteiger charge is -2.40. The summed E-state index contributed by atoms with van der Waals surface area (Å²) in [6.07, 6.45) is 52.1. The summed E-state index contributed by atoms with van der Waals surface area (Å²) in [4.78, 5) is 25.0. The van der Waals surface area contributed by atoms with Gasteiger partial charge in [0.05, 0.1) is 32.0 Å². The van der Waals surface area contributed by atoms with Crippen LogP contribution >= 0.6 is 0 Å². The second-order valence-corrected chi connectivity index (χ2v) is 20.3. The smallest absolute Gasteiger partial charge is 0.305 e. The Morgan fingerprint density at radius 3 is 1.48 bits per heavy atom. The number of carbonyl (C=O) groups excluding carboxylic acids is 2. The molecule has 11 nitrogen and oxygen atoms in total. The molecule has 0 aromatic carbocycles. The van der Waals surface area contributed by atoms with Crippen molar-refractivity contribution < 1.29 is 49.3 Å². The monoisotopic (exact) mass is 1000 g/mol. The number of hydrogen-bond acceptors (Lipinski definition) is 10. The lowest BCUT2D eigenvalue weighted by molar-refractivity contribution is -0.302. The minimum absolute atomic E-state index is 0.0231. The molecule has 1 amide bonds. The van der Waals surface area contributed by atoms with E-state index in [-0.39, 0.29) is 18.5 Å². The Hall–Kier alpha value is -2.38. The van der Waals surface area contributed by atoms with E-state index in [0.29, 0.717) is 19.4 Å². The predicted octanol–water partition coefficient (Wildman–Crippen LogP) is 13.3. The Bertz CT molecular complexity index is 1320. The summed E-state index contributed by atoms with van der Waals surface area (Å²) in [5.74, 6) is -0.217. The lowest BCUT2D eigenvalue weighted by Crippen LogP contribution is -2.60. The van der Waals surface area contributed by atoms with E-state index in [9.17, 15) is 35.1 Å². The van der Waals surface area contributed by atoms with Gasteiger partial charge in [-0.05, 0) is 83.5 Å². The van der Waals surface area contributed by atoms with Crippen LogP contribution in [-0.2, 0) is 23.8 Å². The standard InChI is InChI=1S/C60H109NO10/c1-3-5-7-9-11-13-14-15-25-28-32-36-40-44-48-56(65)69-49-45-41-37-33-29-26-23-21-19-17-16-18-20-22-24-27-31-35-39-43-47-55(64)61-52(53(63)46-42-38-34-30-12-10-8-6-4-2)51-70-60-59(68)58(67)57(66)54(50-62)71-60/h9,11,14-16,18,42,46,52-54,57-60,62-63,66-68H,3-8,10,12-13,17,19-41,43-45,47-51H2,1-2H3,(H,61,64)/b11-9-,15-14-,18-16-,46-42+. The molecule has 6 N–H and O–H groups in total. The van der Waals surface area contributed by atoms with Crippen LogP contribution in [-0.4, -0.2) is 100 Å². The van der Waals surface area contributed by atoms with Crippen molar-refractivity contribution in [1.82, 2.24) is 5.32 Å². The first-order chi connectivity index (χ1) is 34.7. The molecule has 7 unspecified atom stereocenters. The molecule has 1 aliphatic heterocycles. The molecule has 7 atom stereocenters. The highest BCUT2D eigenvalue weighted by Crippen LogP contribution is 2.23. The highest BCUT2D eigenvalue weighted by atomic mass is 16.7. The fraction of sp³-hybridized carbons (Fsp3) is 0.833. The summed E-state index contributed by atoms with van der Waals surface area (Å²) in [6.45, 7) is 4.25. The van der Waals surface area contributed by atoms with E-state index in [1.54, 1.807) is 6.08 Å². The topological polar surface area (TPSA) is 175 Å². The summed E-state index contributed by atoms with van der Waals surface area (Å²) in [6, 6.07) is -0.816. The van der Waals surface area contributed by atoms with Gasteiger partial charge in [-0.1, -0.05) is 210 Å². The van der Waals surface area contributed by atoms with Gasteiger partial charge in [-0.25, -0.2) is 0 Å². The Kier molecular flexibility index (Phi) is 46.7. The van der Waals surface area contributed by atoms with Gasteiger partial charge < -0.3 is 45.1 Å². The van der Waals surface area contributed by atoms with Gasteiger partial charge in [0, 0.05) is 12.8 Å². The van der Waals surface area contributed by atoms with Gasteiger partial charge in [-0.2, -0.15) is 0 Å². The predicted molar refractivity (Wildman–Crippen MR) is 292 cm³/mol. The second kappa shape index (κ2) is 49.8. The Labute approximate surface area is 434 Å². The van der Waals surface area contributed by atoms with E-state index in [0.717, 1.165) is 89.9 Å². The first-order valence-corrected chi connectivity index (χ1v) is 29.4. The van der Waals surface area contributed by atoms with Crippen molar-refractivity contribution in [2.45, 2.75) is 301 Å². The molecule has 11 heteroatoms. The molecule has 1 fully saturated rings. The van der Waals surface area contributed by atoms with E-state index in [1.807, 2.05) is 6.08 Å². The van der Waals surface area contributed by atoms with Gasteiger partial charge in [-0.3, -0.25) is 9.59 Å². The number of unbranched alkanes of at least 4 members (excludes halogenated alkanes) is 30. The zero-order valence-corrected chi connectivity index (χ0v) is 45.4. The minimum atomic E-state index is -1.57. The third-order valence-electron chi connectivity index (χ3n) is 13.7. The molecular formula is C60H109NO10. The molecule has 414 valence electrons. The Morgan fingerprint density at radius 2 is 0.958 bits per heavy atom. The van der Waals surface area contributed by atoms with Crippen LogP contribution in [0.1, 0.15) is 258 Å². The van der Waals surface area contributed by atoms with Crippen molar-refractivity contribution in [3.8, 4) is 0 Å². The van der Waals surface area contributed by atoms with Gasteiger partial charge in [0.25, 0.3) is 0 Å². The van der Waals surface area contributed by atoms with Crippen molar-refractivity contribution >= 4 is 11.9 Å². The van der Waals surface area contributed by atoms with Crippen LogP contribution in [0.4, 0.5) is 0 Å². The molecule has 1 saturated heterocycles. The lowest BCUT2D eigenvalue weighted by atomic mass is 9.99. The number of esters is 1. The number of amides is 1. The maximum absolute atomic E-state index is 13.0. The molecule has 1 rings (SSSR count). The van der Waals surface area contributed by atoms with Gasteiger partial charge in [0.2, 0.25) is 5.91 Å². The van der Waals surface area contributed by atoms with Crippen LogP contribution < -0.4 is 5.32 Å². The van der Waals surface area contributed by atoms with Gasteiger partial charge in [-0.15, -0.1) is 0 Å². The number of hydrogen-bond donors (Lipinski definition) is 6. The number of aliphatic hydroxyl groups is 5. The highest BCUT2D eigenvalue weighted by Gasteiger charge is 2.44. The Morgan fingerprint density at radius 1 is 0.521 bits per heavy atom. The van der Waals surface area contributed by atoms with Gasteiger partial charge >= 0.3 is 5.97 Å². The van der Waals surface area contributed by atoms with Crippen molar-refractivity contribution in [1.29, 1.82) is 0 Å². The summed E-state index contributed by atoms with van der Waals surface area (Å²) >= 11 is 0. The summed E-state index contributed by atoms with van der Waals surface area (Å²) < 4.78 is 16.7. The molecule has 1 aliphatic rings. The molecule has 0 saturated carbocycles. The molecule has 0 spiro atoms. The molecule has 71 heavy (non-hydrogen) atoms. The van der Waals surface area contributed by atoms with E-state index in [1.165, 1.54) is 141 Å². The van der Waals surface area contributed by atoms with Crippen LogP contribution in [0.3, 0.4) is 0 Å². The second-order valence-electron chi connectivity index (χ2n) is 20.3. The maximum Gasteiger partial charge on any atom is 0.305 e. The summed E-state index contributed by atoms with van der Waals surface area (Å²) in [5, 5.41) is 54.2. The highest BCUT2D eigenvalue weighted by molar-refractivity contribution is 5.76. The third-order valence-corrected chi connectivity index (χ3v) is 13.7. The number of rotatable bonds is 50. The maximum atomic E-state index is 13.0. The van der Waals surface area contributed by atoms with E-state index in [4.69, 9.17) is 14.2 Å². The van der Waals surface area contributed by atoms with Crippen LogP contribution in [0.25, 0.3) is 0 Å². The third kappa shape index (κ3) is 39.7. The normalized spacial score (nSPS) is 19.5. The van der Waals surface area contributed by atoms with Crippen LogP contribution in [0.5, 0.6) is 0 Å². The molecule has 0 aliphatic carbocycles. The van der Waals surface area contributed by atoms with Crippen LogP contribution in [0.15, 0.2) is 48.6 Å². The van der Waals surface area contributed by atoms with E-state index in [2.05, 4.69) is 55.6 Å². The number of nitrogens with one attached hydrogen (secondary N) is 1. The average molecular weight is 1000 g/mol. The van der Waals surface area contributed by atoms with Crippen molar-refractivity contribution in [3.05, 3.63) is 48.6 Å². The average Bonchev–Trinajstić information content (AvgIpc) is 3.37. The fourth-order valence-corrected chi connectivity index (χ4v) is 8.92. The summed E-state index contributed by atoms with van der Waals surface area (Å²) in [5.41, 5.74) is 0.